The molecule has 0 unspecified atom stereocenters. The van der Waals surface area contributed by atoms with E-state index in [1.165, 1.54) is 0 Å². The van der Waals surface area contributed by atoms with Crippen molar-refractivity contribution < 1.29 is 9.59 Å². The van der Waals surface area contributed by atoms with Crippen molar-refractivity contribution in [2.45, 2.75) is 26.3 Å². The molecule has 3 rings (SSSR count). The zero-order valence-corrected chi connectivity index (χ0v) is 16.7. The van der Waals surface area contributed by atoms with Crippen LogP contribution < -0.4 is 10.2 Å². The van der Waals surface area contributed by atoms with Gasteiger partial charge < -0.3 is 10.2 Å². The molecule has 0 aliphatic carbocycles. The summed E-state index contributed by atoms with van der Waals surface area (Å²) in [6.07, 6.45) is 1.95. The zero-order valence-electron chi connectivity index (χ0n) is 16.7. The highest BCUT2D eigenvalue weighted by atomic mass is 16.2. The van der Waals surface area contributed by atoms with Crippen molar-refractivity contribution >= 4 is 17.5 Å². The maximum absolute atomic E-state index is 13.4. The first-order valence-electron chi connectivity index (χ1n) is 9.98. The van der Waals surface area contributed by atoms with Crippen molar-refractivity contribution in [1.82, 2.24) is 5.32 Å². The molecule has 0 aliphatic rings. The minimum absolute atomic E-state index is 0.136. The van der Waals surface area contributed by atoms with Gasteiger partial charge in [-0.15, -0.1) is 0 Å². The van der Waals surface area contributed by atoms with Gasteiger partial charge in [0.05, 0.1) is 6.54 Å². The van der Waals surface area contributed by atoms with E-state index >= 15 is 0 Å². The van der Waals surface area contributed by atoms with Gasteiger partial charge in [0.15, 0.2) is 0 Å². The van der Waals surface area contributed by atoms with Crippen molar-refractivity contribution in [3.8, 4) is 0 Å². The van der Waals surface area contributed by atoms with Gasteiger partial charge in [0.25, 0.3) is 11.8 Å². The lowest BCUT2D eigenvalue weighted by atomic mass is 10.1. The number of carbonyl (C=O) groups excluding carboxylic acids is 2. The number of hydrogen-bond donors (Lipinski definition) is 1. The SMILES string of the molecule is CCCCNC(=O)c1cccc(C(=O)N(Cc2ccccc2)c2ccccc2)c1. The number of rotatable bonds is 8. The van der Waals surface area contributed by atoms with Crippen LogP contribution in [0.25, 0.3) is 0 Å². The second-order valence-corrected chi connectivity index (χ2v) is 6.90. The van der Waals surface area contributed by atoms with Crippen molar-refractivity contribution in [2.75, 3.05) is 11.4 Å². The first-order chi connectivity index (χ1) is 14.2. The number of unbranched alkanes of at least 4 members (excludes halogenated alkanes) is 1. The van der Waals surface area contributed by atoms with Crippen LogP contribution in [0.15, 0.2) is 84.9 Å². The Hall–Kier alpha value is -3.40. The molecule has 148 valence electrons. The Morgan fingerprint density at radius 2 is 1.48 bits per heavy atom. The monoisotopic (exact) mass is 386 g/mol. The molecule has 0 saturated carbocycles. The van der Waals surface area contributed by atoms with E-state index in [9.17, 15) is 9.59 Å². The summed E-state index contributed by atoms with van der Waals surface area (Å²) >= 11 is 0. The maximum Gasteiger partial charge on any atom is 0.258 e. The van der Waals surface area contributed by atoms with Crippen LogP contribution in [0.4, 0.5) is 5.69 Å². The van der Waals surface area contributed by atoms with Crippen molar-refractivity contribution in [2.24, 2.45) is 0 Å². The van der Waals surface area contributed by atoms with Crippen LogP contribution in [0.2, 0.25) is 0 Å². The van der Waals surface area contributed by atoms with Crippen LogP contribution in [0.1, 0.15) is 46.0 Å². The summed E-state index contributed by atoms with van der Waals surface area (Å²) in [6, 6.07) is 26.4. The number of nitrogens with zero attached hydrogens (tertiary/aromatic N) is 1. The number of nitrogens with one attached hydrogen (secondary N) is 1. The van der Waals surface area contributed by atoms with Gasteiger partial charge >= 0.3 is 0 Å². The highest BCUT2D eigenvalue weighted by molar-refractivity contribution is 6.07. The van der Waals surface area contributed by atoms with Gasteiger partial charge in [-0.05, 0) is 42.3 Å². The number of amides is 2. The zero-order chi connectivity index (χ0) is 20.5. The minimum Gasteiger partial charge on any atom is -0.352 e. The van der Waals surface area contributed by atoms with Gasteiger partial charge in [-0.2, -0.15) is 0 Å². The van der Waals surface area contributed by atoms with Crippen LogP contribution in [-0.2, 0) is 6.54 Å². The minimum atomic E-state index is -0.151. The average molecular weight is 386 g/mol. The number of para-hydroxylation sites is 1. The largest absolute Gasteiger partial charge is 0.352 e. The Morgan fingerprint density at radius 1 is 0.828 bits per heavy atom. The summed E-state index contributed by atoms with van der Waals surface area (Å²) in [5.74, 6) is -0.286. The van der Waals surface area contributed by atoms with E-state index in [1.807, 2.05) is 60.7 Å². The topological polar surface area (TPSA) is 49.4 Å². The molecule has 4 heteroatoms. The molecule has 0 aliphatic heterocycles. The lowest BCUT2D eigenvalue weighted by Gasteiger charge is -2.23. The standard InChI is InChI=1S/C25H26N2O2/c1-2-3-17-26-24(28)21-13-10-14-22(18-21)25(29)27(23-15-8-5-9-16-23)19-20-11-6-4-7-12-20/h4-16,18H,2-3,17,19H2,1H3,(H,26,28). The van der Waals surface area contributed by atoms with E-state index in [-0.39, 0.29) is 11.8 Å². The highest BCUT2D eigenvalue weighted by Crippen LogP contribution is 2.20. The van der Waals surface area contributed by atoms with Gasteiger partial charge in [-0.1, -0.05) is 67.9 Å². The Balaban J connectivity index is 1.86. The normalized spacial score (nSPS) is 10.4. The van der Waals surface area contributed by atoms with Gasteiger partial charge in [0, 0.05) is 23.4 Å². The molecule has 0 saturated heterocycles. The lowest BCUT2D eigenvalue weighted by molar-refractivity contribution is 0.0953. The molecular formula is C25H26N2O2. The summed E-state index contributed by atoms with van der Waals surface area (Å²) in [5, 5.41) is 2.90. The van der Waals surface area contributed by atoms with E-state index in [2.05, 4.69) is 12.2 Å². The first-order valence-corrected chi connectivity index (χ1v) is 9.98. The van der Waals surface area contributed by atoms with E-state index < -0.39 is 0 Å². The van der Waals surface area contributed by atoms with Gasteiger partial charge in [-0.3, -0.25) is 9.59 Å². The Bertz CT molecular complexity index is 939. The van der Waals surface area contributed by atoms with E-state index in [0.717, 1.165) is 24.1 Å². The second kappa shape index (κ2) is 10.2. The quantitative estimate of drug-likeness (QED) is 0.550. The van der Waals surface area contributed by atoms with Crippen molar-refractivity contribution in [3.05, 3.63) is 102 Å². The van der Waals surface area contributed by atoms with E-state index in [4.69, 9.17) is 0 Å². The van der Waals surface area contributed by atoms with Gasteiger partial charge in [0.1, 0.15) is 0 Å². The maximum atomic E-state index is 13.4. The van der Waals surface area contributed by atoms with Gasteiger partial charge in [0.2, 0.25) is 0 Å². The molecule has 4 nitrogen and oxygen atoms in total. The van der Waals surface area contributed by atoms with Crippen molar-refractivity contribution in [3.63, 3.8) is 0 Å². The number of hydrogen-bond acceptors (Lipinski definition) is 2. The number of carbonyl (C=O) groups is 2. The highest BCUT2D eigenvalue weighted by Gasteiger charge is 2.19. The molecule has 1 N–H and O–H groups in total. The summed E-state index contributed by atoms with van der Waals surface area (Å²) in [6.45, 7) is 3.17. The molecule has 0 aromatic heterocycles. The molecule has 0 heterocycles. The third kappa shape index (κ3) is 5.55. The molecule has 0 atom stereocenters. The first kappa shape index (κ1) is 20.3. The fourth-order valence-electron chi connectivity index (χ4n) is 3.08. The smallest absolute Gasteiger partial charge is 0.258 e. The predicted octanol–water partition coefficient (Wildman–Crippen LogP) is 5.06. The lowest BCUT2D eigenvalue weighted by Crippen LogP contribution is -2.31. The molecule has 0 bridgehead atoms. The van der Waals surface area contributed by atoms with Crippen LogP contribution in [0.5, 0.6) is 0 Å². The Kier molecular flexibility index (Phi) is 7.17. The predicted molar refractivity (Wildman–Crippen MR) is 117 cm³/mol. The van der Waals surface area contributed by atoms with E-state index in [1.54, 1.807) is 29.2 Å². The number of anilines is 1. The molecular weight excluding hydrogens is 360 g/mol. The summed E-state index contributed by atoms with van der Waals surface area (Å²) in [4.78, 5) is 27.5. The molecule has 0 radical (unpaired) electrons. The second-order valence-electron chi connectivity index (χ2n) is 6.90. The molecule has 2 amide bonds. The average Bonchev–Trinajstić information content (AvgIpc) is 2.78. The fourth-order valence-corrected chi connectivity index (χ4v) is 3.08. The fraction of sp³-hybridized carbons (Fsp3) is 0.200. The summed E-state index contributed by atoms with van der Waals surface area (Å²) in [7, 11) is 0. The Morgan fingerprint density at radius 3 is 2.17 bits per heavy atom. The van der Waals surface area contributed by atoms with E-state index in [0.29, 0.717) is 24.2 Å². The molecule has 3 aromatic rings. The molecule has 0 fully saturated rings. The van der Waals surface area contributed by atoms with Crippen molar-refractivity contribution in [1.29, 1.82) is 0 Å². The third-order valence-corrected chi connectivity index (χ3v) is 4.68. The third-order valence-electron chi connectivity index (χ3n) is 4.68. The van der Waals surface area contributed by atoms with Crippen LogP contribution >= 0.6 is 0 Å². The van der Waals surface area contributed by atoms with Crippen LogP contribution in [0.3, 0.4) is 0 Å². The Labute approximate surface area is 172 Å². The summed E-state index contributed by atoms with van der Waals surface area (Å²) in [5.41, 5.74) is 2.85. The summed E-state index contributed by atoms with van der Waals surface area (Å²) < 4.78 is 0. The van der Waals surface area contributed by atoms with Crippen LogP contribution in [-0.4, -0.2) is 18.4 Å². The number of benzene rings is 3. The molecule has 3 aromatic carbocycles. The van der Waals surface area contributed by atoms with Crippen LogP contribution in [0, 0.1) is 0 Å². The molecule has 0 spiro atoms. The molecule has 29 heavy (non-hydrogen) atoms. The van der Waals surface area contributed by atoms with Gasteiger partial charge in [-0.25, -0.2) is 0 Å².